The summed E-state index contributed by atoms with van der Waals surface area (Å²) in [5.41, 5.74) is 4.63. The fourth-order valence-corrected chi connectivity index (χ4v) is 7.24. The molecule has 318 valence electrons. The first kappa shape index (κ1) is 41.7. The molecule has 14 heteroatoms. The average Bonchev–Trinajstić information content (AvgIpc) is 3.90. The number of rotatable bonds is 19. The van der Waals surface area contributed by atoms with E-state index >= 15 is 0 Å². The van der Waals surface area contributed by atoms with E-state index in [4.69, 9.17) is 0 Å². The van der Waals surface area contributed by atoms with E-state index in [1.807, 2.05) is 158 Å². The second-order valence-corrected chi connectivity index (χ2v) is 15.3. The van der Waals surface area contributed by atoms with Crippen LogP contribution in [0.15, 0.2) is 185 Å². The van der Waals surface area contributed by atoms with Crippen LogP contribution in [0.25, 0.3) is 21.5 Å². The minimum atomic E-state index is 0.0761. The van der Waals surface area contributed by atoms with Gasteiger partial charge in [-0.05, 0) is 71.4 Å². The van der Waals surface area contributed by atoms with Crippen molar-refractivity contribution in [3.8, 4) is 11.5 Å². The third-order valence-electron chi connectivity index (χ3n) is 10.6. The molecule has 0 aliphatic rings. The zero-order valence-electron chi connectivity index (χ0n) is 35.5. The second-order valence-electron chi connectivity index (χ2n) is 15.3. The summed E-state index contributed by atoms with van der Waals surface area (Å²) in [7, 11) is 3.88. The fraction of sp³-hybridized carbons (Fsp3) is 0.184. The van der Waals surface area contributed by atoms with Crippen LogP contribution in [0, 0.1) is 0 Å². The van der Waals surface area contributed by atoms with Crippen molar-refractivity contribution in [1.82, 2.24) is 19.4 Å². The normalized spacial score (nSPS) is 11.7. The molecular formula is C49H52N12O2+2. The number of phenols is 2. The first-order valence-electron chi connectivity index (χ1n) is 21.0. The Morgan fingerprint density at radius 2 is 1.29 bits per heavy atom. The Kier molecular flexibility index (Phi) is 13.3. The molecule has 2 aromatic heterocycles. The molecule has 0 radical (unpaired) electrons. The van der Waals surface area contributed by atoms with E-state index in [0.717, 1.165) is 83.3 Å². The van der Waals surface area contributed by atoms with Crippen molar-refractivity contribution in [1.29, 1.82) is 0 Å². The van der Waals surface area contributed by atoms with Crippen LogP contribution in [-0.2, 0) is 26.7 Å². The quantitative estimate of drug-likeness (QED) is 0.0311. The van der Waals surface area contributed by atoms with Crippen LogP contribution in [0.1, 0.15) is 12.8 Å². The van der Waals surface area contributed by atoms with Gasteiger partial charge in [0.15, 0.2) is 5.69 Å². The lowest BCUT2D eigenvalue weighted by atomic mass is 10.1. The fourth-order valence-electron chi connectivity index (χ4n) is 7.24. The van der Waals surface area contributed by atoms with E-state index in [-0.39, 0.29) is 11.5 Å². The highest BCUT2D eigenvalue weighted by molar-refractivity contribution is 5.98. The summed E-state index contributed by atoms with van der Waals surface area (Å²) in [6, 6.07) is 39.0. The molecule has 0 aliphatic heterocycles. The number of aromatic hydroxyl groups is 2. The average molecular weight is 841 g/mol. The van der Waals surface area contributed by atoms with Gasteiger partial charge in [0, 0.05) is 77.5 Å². The van der Waals surface area contributed by atoms with Crippen molar-refractivity contribution in [2.45, 2.75) is 32.5 Å². The van der Waals surface area contributed by atoms with Gasteiger partial charge in [0.05, 0.1) is 39.1 Å². The van der Waals surface area contributed by atoms with Crippen molar-refractivity contribution in [3.05, 3.63) is 165 Å². The SMILES string of the molecule is CN(C=CNCCCn1cc[n+](CCCn2cc[n+](C)c2N=Nc2c(O)ccc3ccc(Nc4ccccc4)cc23)c1)CN=Nc1c(O)ccc2ccc(Nc3ccccc3)cc12. The number of hydrogen-bond acceptors (Lipinski definition) is 10. The molecule has 0 amide bonds. The monoisotopic (exact) mass is 840 g/mol. The van der Waals surface area contributed by atoms with Gasteiger partial charge in [-0.15, -0.1) is 5.11 Å². The number of hydrogen-bond donors (Lipinski definition) is 5. The number of para-hydroxylation sites is 2. The van der Waals surface area contributed by atoms with Crippen molar-refractivity contribution in [2.75, 3.05) is 30.9 Å². The third-order valence-corrected chi connectivity index (χ3v) is 10.6. The third kappa shape index (κ3) is 10.9. The van der Waals surface area contributed by atoms with Crippen LogP contribution >= 0.6 is 0 Å². The van der Waals surface area contributed by atoms with Gasteiger partial charge >= 0.3 is 5.95 Å². The lowest BCUT2D eigenvalue weighted by Crippen LogP contribution is -2.32. The Hall–Kier alpha value is -8.00. The summed E-state index contributed by atoms with van der Waals surface area (Å²) in [5, 5.41) is 53.2. The highest BCUT2D eigenvalue weighted by Gasteiger charge is 2.17. The molecule has 0 saturated heterocycles. The number of benzene rings is 6. The Labute approximate surface area is 366 Å². The van der Waals surface area contributed by atoms with Gasteiger partial charge in [-0.25, -0.2) is 18.3 Å². The van der Waals surface area contributed by atoms with Gasteiger partial charge in [-0.2, -0.15) is 5.11 Å². The maximum Gasteiger partial charge on any atom is 0.421 e. The Balaban J connectivity index is 0.777. The zero-order valence-corrected chi connectivity index (χ0v) is 35.5. The molecule has 2 heterocycles. The number of nitrogens with zero attached hydrogens (tertiary/aromatic N) is 9. The molecule has 14 nitrogen and oxygen atoms in total. The van der Waals surface area contributed by atoms with E-state index in [9.17, 15) is 10.2 Å². The van der Waals surface area contributed by atoms with Gasteiger partial charge in [-0.1, -0.05) is 65.8 Å². The van der Waals surface area contributed by atoms with E-state index in [1.54, 1.807) is 12.1 Å². The van der Waals surface area contributed by atoms with E-state index < -0.39 is 0 Å². The topological polar surface area (TPSA) is 147 Å². The van der Waals surface area contributed by atoms with Gasteiger partial charge in [0.25, 0.3) is 0 Å². The van der Waals surface area contributed by atoms with E-state index in [1.165, 1.54) is 0 Å². The van der Waals surface area contributed by atoms with Crippen LogP contribution in [0.2, 0.25) is 0 Å². The lowest BCUT2D eigenvalue weighted by molar-refractivity contribution is -0.697. The molecule has 0 atom stereocenters. The highest BCUT2D eigenvalue weighted by atomic mass is 16.3. The van der Waals surface area contributed by atoms with E-state index in [0.29, 0.717) is 24.0 Å². The lowest BCUT2D eigenvalue weighted by Gasteiger charge is -2.11. The Bertz CT molecular complexity index is 2870. The summed E-state index contributed by atoms with van der Waals surface area (Å²) < 4.78 is 8.43. The maximum absolute atomic E-state index is 10.8. The summed E-state index contributed by atoms with van der Waals surface area (Å²) in [6.45, 7) is 3.64. The van der Waals surface area contributed by atoms with Crippen molar-refractivity contribution in [3.63, 3.8) is 0 Å². The molecule has 0 aliphatic carbocycles. The molecule has 63 heavy (non-hydrogen) atoms. The van der Waals surface area contributed by atoms with E-state index in [2.05, 4.69) is 68.8 Å². The molecular weight excluding hydrogens is 789 g/mol. The van der Waals surface area contributed by atoms with Crippen LogP contribution < -0.4 is 25.1 Å². The molecule has 0 fully saturated rings. The number of aromatic nitrogens is 4. The standard InChI is InChI=1S/C49H50N12O2/c1-57(35-51-54-47-43-33-41(52-39-11-5-3-6-12-39)19-15-37(43)17-21-45(47)62)28-24-50-23-9-25-59-30-31-60(36-59)26-10-27-61-32-29-58(2)49(61)56-55-48-44-34-42(53-40-13-7-4-8-14-40)20-16-38(44)18-22-46(48)63/h3-8,11-22,24,28-34,36,50H,9-10,23,25-27,35H2,1-2H3,(H2-,51,52,53,62,63)/p+2. The molecule has 0 bridgehead atoms. The summed E-state index contributed by atoms with van der Waals surface area (Å²) in [4.78, 5) is 1.92. The van der Waals surface area contributed by atoms with Crippen LogP contribution in [-0.4, -0.2) is 44.5 Å². The van der Waals surface area contributed by atoms with Crippen LogP contribution in [0.5, 0.6) is 11.5 Å². The van der Waals surface area contributed by atoms with Crippen molar-refractivity contribution < 1.29 is 19.3 Å². The van der Waals surface area contributed by atoms with Gasteiger partial charge in [0.1, 0.15) is 36.2 Å². The second kappa shape index (κ2) is 20.0. The summed E-state index contributed by atoms with van der Waals surface area (Å²) in [6.07, 6.45) is 16.0. The predicted octanol–water partition coefficient (Wildman–Crippen LogP) is 10.2. The molecule has 0 spiro atoms. The number of nitrogens with one attached hydrogen (secondary N) is 3. The Morgan fingerprint density at radius 1 is 0.667 bits per heavy atom. The molecule has 0 saturated carbocycles. The molecule has 8 rings (SSSR count). The number of aryl methyl sites for hydroxylation is 4. The molecule has 0 unspecified atom stereocenters. The number of imidazole rings is 2. The molecule has 8 aromatic rings. The Morgan fingerprint density at radius 3 is 1.94 bits per heavy atom. The van der Waals surface area contributed by atoms with Crippen molar-refractivity contribution >= 4 is 61.6 Å². The van der Waals surface area contributed by atoms with Gasteiger partial charge < -0.3 is 31.1 Å². The van der Waals surface area contributed by atoms with Crippen molar-refractivity contribution in [2.24, 2.45) is 27.5 Å². The minimum Gasteiger partial charge on any atom is -0.506 e. The van der Waals surface area contributed by atoms with Crippen LogP contribution in [0.3, 0.4) is 0 Å². The number of azo groups is 2. The largest absolute Gasteiger partial charge is 0.506 e. The van der Waals surface area contributed by atoms with Gasteiger partial charge in [-0.3, -0.25) is 0 Å². The highest BCUT2D eigenvalue weighted by Crippen LogP contribution is 2.39. The number of fused-ring (bicyclic) bond motifs is 2. The smallest absolute Gasteiger partial charge is 0.421 e. The molecule has 5 N–H and O–H groups in total. The summed E-state index contributed by atoms with van der Waals surface area (Å²) in [5.74, 6) is 0.855. The first-order valence-corrected chi connectivity index (χ1v) is 21.0. The number of phenolic OH excluding ortho intramolecular Hbond substituents is 2. The first-order chi connectivity index (χ1) is 30.9. The minimum absolute atomic E-state index is 0.0761. The summed E-state index contributed by atoms with van der Waals surface area (Å²) >= 11 is 0. The molecule has 6 aromatic carbocycles. The van der Waals surface area contributed by atoms with Gasteiger partial charge in [0.2, 0.25) is 6.33 Å². The zero-order chi connectivity index (χ0) is 43.4. The number of anilines is 4. The maximum atomic E-state index is 10.8. The predicted molar refractivity (Wildman–Crippen MR) is 249 cm³/mol. The van der Waals surface area contributed by atoms with Crippen LogP contribution in [0.4, 0.5) is 40.1 Å².